The quantitative estimate of drug-likeness (QED) is 0.483. The number of alkyl halides is 3. The first-order chi connectivity index (χ1) is 14.2. The molecule has 158 valence electrons. The van der Waals surface area contributed by atoms with Crippen LogP contribution in [0.5, 0.6) is 0 Å². The Labute approximate surface area is 175 Å². The molecule has 0 spiro atoms. The molecule has 1 aliphatic heterocycles. The van der Waals surface area contributed by atoms with Crippen LogP contribution in [0.15, 0.2) is 35.4 Å². The van der Waals surface area contributed by atoms with Gasteiger partial charge in [0, 0.05) is 18.2 Å². The Morgan fingerprint density at radius 1 is 1.30 bits per heavy atom. The van der Waals surface area contributed by atoms with Gasteiger partial charge in [-0.3, -0.25) is 4.79 Å². The Hall–Kier alpha value is -2.60. The monoisotopic (exact) mass is 437 g/mol. The van der Waals surface area contributed by atoms with Crippen LogP contribution in [0.2, 0.25) is 0 Å². The summed E-state index contributed by atoms with van der Waals surface area (Å²) in [6.07, 6.45) is -1.96. The van der Waals surface area contributed by atoms with Crippen molar-refractivity contribution < 1.29 is 22.4 Å². The predicted molar refractivity (Wildman–Crippen MR) is 105 cm³/mol. The summed E-state index contributed by atoms with van der Waals surface area (Å²) in [6, 6.07) is 7.32. The summed E-state index contributed by atoms with van der Waals surface area (Å²) in [5, 5.41) is 9.21. The fourth-order valence-corrected chi connectivity index (χ4v) is 4.30. The van der Waals surface area contributed by atoms with Crippen molar-refractivity contribution in [3.05, 3.63) is 47.3 Å². The van der Waals surface area contributed by atoms with Gasteiger partial charge in [0.25, 0.3) is 0 Å². The molecule has 1 fully saturated rings. The molecule has 1 atom stereocenters. The van der Waals surface area contributed by atoms with Crippen LogP contribution >= 0.6 is 11.8 Å². The molecule has 3 rings (SSSR count). The van der Waals surface area contributed by atoms with Crippen molar-refractivity contribution in [2.24, 2.45) is 0 Å². The number of piperidine rings is 1. The molecule has 1 aliphatic rings. The summed E-state index contributed by atoms with van der Waals surface area (Å²) in [4.78, 5) is 18.5. The highest BCUT2D eigenvalue weighted by atomic mass is 32.2. The third-order valence-electron chi connectivity index (χ3n) is 5.00. The maximum absolute atomic E-state index is 13.6. The molecule has 0 radical (unpaired) electrons. The van der Waals surface area contributed by atoms with Gasteiger partial charge < -0.3 is 4.90 Å². The van der Waals surface area contributed by atoms with E-state index in [0.29, 0.717) is 6.54 Å². The van der Waals surface area contributed by atoms with Crippen LogP contribution in [0, 0.1) is 17.1 Å². The number of nitrogens with zero attached hydrogens (tertiary/aromatic N) is 3. The highest BCUT2D eigenvalue weighted by Crippen LogP contribution is 2.38. The van der Waals surface area contributed by atoms with Crippen LogP contribution in [0.3, 0.4) is 0 Å². The van der Waals surface area contributed by atoms with E-state index in [1.165, 1.54) is 12.1 Å². The number of hydrogen-bond acceptors (Lipinski definition) is 4. The fourth-order valence-electron chi connectivity index (χ4n) is 3.41. The first-order valence-electron chi connectivity index (χ1n) is 9.41. The standard InChI is InChI=1S/C21H19F4N3OS/c1-13-4-2-3-9-28(13)19(29)12-30-20-16(11-26)17(21(23,24)25)10-18(27-20)14-5-7-15(22)8-6-14/h5-8,10,13H,2-4,9,12H2,1H3/t13-/m1/s1. The number of nitriles is 1. The van der Waals surface area contributed by atoms with Crippen molar-refractivity contribution in [3.8, 4) is 17.3 Å². The predicted octanol–water partition coefficient (Wildman–Crippen LogP) is 5.27. The molecule has 30 heavy (non-hydrogen) atoms. The highest BCUT2D eigenvalue weighted by molar-refractivity contribution is 8.00. The molecule has 0 bridgehead atoms. The number of thioether (sulfide) groups is 1. The largest absolute Gasteiger partial charge is 0.417 e. The first kappa shape index (κ1) is 22.1. The average molecular weight is 437 g/mol. The second kappa shape index (κ2) is 9.04. The zero-order valence-corrected chi connectivity index (χ0v) is 17.0. The lowest BCUT2D eigenvalue weighted by Gasteiger charge is -2.33. The van der Waals surface area contributed by atoms with Crippen molar-refractivity contribution in [1.29, 1.82) is 5.26 Å². The molecule has 0 aliphatic carbocycles. The summed E-state index contributed by atoms with van der Waals surface area (Å²) in [7, 11) is 0. The topological polar surface area (TPSA) is 57.0 Å². The van der Waals surface area contributed by atoms with Gasteiger partial charge >= 0.3 is 6.18 Å². The molecule has 4 nitrogen and oxygen atoms in total. The van der Waals surface area contributed by atoms with E-state index in [-0.39, 0.29) is 34.0 Å². The van der Waals surface area contributed by atoms with Crippen LogP contribution in [0.4, 0.5) is 17.6 Å². The molecule has 9 heteroatoms. The van der Waals surface area contributed by atoms with Crippen molar-refractivity contribution in [2.75, 3.05) is 12.3 Å². The Morgan fingerprint density at radius 2 is 2.00 bits per heavy atom. The molecule has 1 aromatic heterocycles. The first-order valence-corrected chi connectivity index (χ1v) is 10.4. The molecule has 1 aromatic carbocycles. The molecule has 0 unspecified atom stereocenters. The average Bonchev–Trinajstić information content (AvgIpc) is 2.71. The maximum Gasteiger partial charge on any atom is 0.417 e. The van der Waals surface area contributed by atoms with Gasteiger partial charge in [0.2, 0.25) is 5.91 Å². The van der Waals surface area contributed by atoms with E-state index < -0.39 is 23.1 Å². The summed E-state index contributed by atoms with van der Waals surface area (Å²) in [5.41, 5.74) is -1.50. The van der Waals surface area contributed by atoms with Crippen LogP contribution in [0.1, 0.15) is 37.3 Å². The Balaban J connectivity index is 1.95. The lowest BCUT2D eigenvalue weighted by molar-refractivity contribution is -0.138. The number of pyridine rings is 1. The summed E-state index contributed by atoms with van der Waals surface area (Å²) in [5.74, 6) is -0.839. The van der Waals surface area contributed by atoms with Crippen molar-refractivity contribution in [3.63, 3.8) is 0 Å². The molecule has 1 saturated heterocycles. The van der Waals surface area contributed by atoms with Crippen LogP contribution in [0.25, 0.3) is 11.3 Å². The van der Waals surface area contributed by atoms with E-state index in [2.05, 4.69) is 4.98 Å². The molecule has 1 amide bonds. The van der Waals surface area contributed by atoms with Crippen LogP contribution < -0.4 is 0 Å². The van der Waals surface area contributed by atoms with Gasteiger partial charge in [-0.2, -0.15) is 18.4 Å². The second-order valence-corrected chi connectivity index (χ2v) is 8.04. The van der Waals surface area contributed by atoms with Gasteiger partial charge in [-0.25, -0.2) is 9.37 Å². The molecule has 0 saturated carbocycles. The number of hydrogen-bond donors (Lipinski definition) is 0. The normalized spacial score (nSPS) is 16.9. The number of rotatable bonds is 4. The molecule has 2 heterocycles. The highest BCUT2D eigenvalue weighted by Gasteiger charge is 2.36. The Bertz CT molecular complexity index is 970. The second-order valence-electron chi connectivity index (χ2n) is 7.07. The number of carbonyl (C=O) groups is 1. The maximum atomic E-state index is 13.6. The Kier molecular flexibility index (Phi) is 6.66. The third kappa shape index (κ3) is 4.93. The zero-order valence-electron chi connectivity index (χ0n) is 16.2. The lowest BCUT2D eigenvalue weighted by Crippen LogP contribution is -2.42. The van der Waals surface area contributed by atoms with Crippen molar-refractivity contribution in [1.82, 2.24) is 9.88 Å². The van der Waals surface area contributed by atoms with E-state index >= 15 is 0 Å². The van der Waals surface area contributed by atoms with E-state index in [1.807, 2.05) is 6.92 Å². The summed E-state index contributed by atoms with van der Waals surface area (Å²) in [6.45, 7) is 2.56. The summed E-state index contributed by atoms with van der Waals surface area (Å²) < 4.78 is 54.0. The minimum absolute atomic E-state index is 0.0392. The van der Waals surface area contributed by atoms with Gasteiger partial charge in [0.15, 0.2) is 0 Å². The number of aromatic nitrogens is 1. The van der Waals surface area contributed by atoms with Crippen LogP contribution in [-0.4, -0.2) is 34.1 Å². The Morgan fingerprint density at radius 3 is 2.60 bits per heavy atom. The lowest BCUT2D eigenvalue weighted by atomic mass is 10.0. The van der Waals surface area contributed by atoms with Crippen LogP contribution in [-0.2, 0) is 11.0 Å². The van der Waals surface area contributed by atoms with E-state index in [9.17, 15) is 27.6 Å². The summed E-state index contributed by atoms with van der Waals surface area (Å²) >= 11 is 0.819. The van der Waals surface area contributed by atoms with E-state index in [4.69, 9.17) is 0 Å². The SMILES string of the molecule is C[C@@H]1CCCCN1C(=O)CSc1nc(-c2ccc(F)cc2)cc(C(F)(F)F)c1C#N. The fraction of sp³-hybridized carbons (Fsp3) is 0.381. The molecular weight excluding hydrogens is 418 g/mol. The zero-order chi connectivity index (χ0) is 21.9. The molecular formula is C21H19F4N3OS. The van der Waals surface area contributed by atoms with E-state index in [1.54, 1.807) is 11.0 Å². The minimum atomic E-state index is -4.77. The van der Waals surface area contributed by atoms with Crippen molar-refractivity contribution in [2.45, 2.75) is 43.4 Å². The molecule has 0 N–H and O–H groups in total. The van der Waals surface area contributed by atoms with E-state index in [0.717, 1.165) is 49.2 Å². The van der Waals surface area contributed by atoms with Crippen molar-refractivity contribution >= 4 is 17.7 Å². The van der Waals surface area contributed by atoms with Gasteiger partial charge in [-0.15, -0.1) is 0 Å². The van der Waals surface area contributed by atoms with Gasteiger partial charge in [-0.1, -0.05) is 11.8 Å². The number of likely N-dealkylation sites (tertiary alicyclic amines) is 1. The van der Waals surface area contributed by atoms with Gasteiger partial charge in [-0.05, 0) is 56.5 Å². The number of halogens is 4. The van der Waals surface area contributed by atoms with Gasteiger partial charge in [0.1, 0.15) is 16.9 Å². The smallest absolute Gasteiger partial charge is 0.339 e. The van der Waals surface area contributed by atoms with Gasteiger partial charge in [0.05, 0.1) is 22.6 Å². The minimum Gasteiger partial charge on any atom is -0.339 e. The number of carbonyl (C=O) groups excluding carboxylic acids is 1. The third-order valence-corrected chi connectivity index (χ3v) is 5.96. The molecule has 2 aromatic rings. The number of amides is 1. The number of benzene rings is 1.